The lowest BCUT2D eigenvalue weighted by molar-refractivity contribution is 0.0644. The zero-order valence-corrected chi connectivity index (χ0v) is 15.4. The first kappa shape index (κ1) is 17.7. The number of hydrogen-bond donors (Lipinski definition) is 0. The van der Waals surface area contributed by atoms with Gasteiger partial charge in [0.15, 0.2) is 0 Å². The van der Waals surface area contributed by atoms with Crippen LogP contribution in [0.5, 0.6) is 0 Å². The summed E-state index contributed by atoms with van der Waals surface area (Å²) in [6.07, 6.45) is 1.24. The minimum atomic E-state index is -2.95. The first-order chi connectivity index (χ1) is 10.3. The number of carbonyl (C=O) groups is 1. The van der Waals surface area contributed by atoms with Crippen LogP contribution in [0.2, 0.25) is 5.02 Å². The van der Waals surface area contributed by atoms with Crippen molar-refractivity contribution in [1.82, 2.24) is 9.80 Å². The third-order valence-corrected chi connectivity index (χ3v) is 5.33. The van der Waals surface area contributed by atoms with Crippen LogP contribution in [0.25, 0.3) is 0 Å². The number of halogens is 2. The maximum Gasteiger partial charge on any atom is 0.255 e. The second-order valence-corrected chi connectivity index (χ2v) is 8.97. The Morgan fingerprint density at radius 1 is 1.27 bits per heavy atom. The second kappa shape index (κ2) is 7.29. The molecule has 1 fully saturated rings. The zero-order chi connectivity index (χ0) is 16.3. The molecule has 0 atom stereocenters. The summed E-state index contributed by atoms with van der Waals surface area (Å²) in [4.78, 5) is 16.3. The molecule has 0 radical (unpaired) electrons. The lowest BCUT2D eigenvalue weighted by atomic mass is 10.2. The molecule has 1 aliphatic heterocycles. The Hall–Kier alpha value is -0.630. The van der Waals surface area contributed by atoms with Crippen molar-refractivity contribution in [3.63, 3.8) is 0 Å². The van der Waals surface area contributed by atoms with Gasteiger partial charge in [-0.15, -0.1) is 0 Å². The van der Waals surface area contributed by atoms with Crippen molar-refractivity contribution in [2.75, 3.05) is 44.7 Å². The Balaban J connectivity index is 1.92. The molecule has 1 aliphatic rings. The van der Waals surface area contributed by atoms with Crippen LogP contribution in [-0.2, 0) is 9.84 Å². The van der Waals surface area contributed by atoms with Gasteiger partial charge in [0.2, 0.25) is 0 Å². The maximum absolute atomic E-state index is 12.5. The number of nitrogens with zero attached hydrogens (tertiary/aromatic N) is 2. The minimum absolute atomic E-state index is 0.0831. The van der Waals surface area contributed by atoms with Crippen molar-refractivity contribution in [3.8, 4) is 0 Å². The first-order valence-electron chi connectivity index (χ1n) is 6.91. The zero-order valence-electron chi connectivity index (χ0n) is 12.3. The van der Waals surface area contributed by atoms with Crippen LogP contribution in [0.3, 0.4) is 0 Å². The van der Waals surface area contributed by atoms with E-state index in [-0.39, 0.29) is 11.7 Å². The largest absolute Gasteiger partial charge is 0.336 e. The Labute approximate surface area is 144 Å². The van der Waals surface area contributed by atoms with E-state index in [0.717, 1.165) is 4.47 Å². The molecule has 1 saturated heterocycles. The molecule has 8 heteroatoms. The third-order valence-electron chi connectivity index (χ3n) is 3.60. The van der Waals surface area contributed by atoms with Gasteiger partial charge in [0, 0.05) is 43.5 Å². The molecule has 1 amide bonds. The number of benzene rings is 1. The SMILES string of the molecule is CS(=O)(=O)CCN1CCN(C(=O)c2ccc(Br)cc2Cl)CC1. The number of rotatable bonds is 4. The molecule has 0 aromatic heterocycles. The fourth-order valence-electron chi connectivity index (χ4n) is 2.30. The van der Waals surface area contributed by atoms with Crippen molar-refractivity contribution in [1.29, 1.82) is 0 Å². The predicted octanol–water partition coefficient (Wildman–Crippen LogP) is 1.90. The molecule has 0 unspecified atom stereocenters. The van der Waals surface area contributed by atoms with E-state index in [9.17, 15) is 13.2 Å². The van der Waals surface area contributed by atoms with Gasteiger partial charge in [0.05, 0.1) is 16.3 Å². The highest BCUT2D eigenvalue weighted by Gasteiger charge is 2.23. The van der Waals surface area contributed by atoms with Crippen LogP contribution >= 0.6 is 27.5 Å². The normalized spacial score (nSPS) is 16.8. The average molecular weight is 410 g/mol. The van der Waals surface area contributed by atoms with Crippen LogP contribution in [0.4, 0.5) is 0 Å². The van der Waals surface area contributed by atoms with E-state index in [0.29, 0.717) is 43.3 Å². The summed E-state index contributed by atoms with van der Waals surface area (Å²) in [6.45, 7) is 3.02. The standard InChI is InChI=1S/C14H18BrClN2O3S/c1-22(20,21)9-8-17-4-6-18(7-5-17)14(19)12-3-2-11(15)10-13(12)16/h2-3,10H,4-9H2,1H3. The van der Waals surface area contributed by atoms with Crippen molar-refractivity contribution in [2.45, 2.75) is 0 Å². The van der Waals surface area contributed by atoms with Gasteiger partial charge >= 0.3 is 0 Å². The molecule has 0 bridgehead atoms. The highest BCUT2D eigenvalue weighted by Crippen LogP contribution is 2.23. The summed E-state index contributed by atoms with van der Waals surface area (Å²) in [5.74, 6) is 0.0692. The molecule has 5 nitrogen and oxygen atoms in total. The Bertz CT molecular complexity index is 658. The quantitative estimate of drug-likeness (QED) is 0.762. The number of carbonyl (C=O) groups excluding carboxylic acids is 1. The number of amides is 1. The second-order valence-electron chi connectivity index (χ2n) is 5.39. The topological polar surface area (TPSA) is 57.7 Å². The average Bonchev–Trinajstić information content (AvgIpc) is 2.44. The Morgan fingerprint density at radius 2 is 1.91 bits per heavy atom. The van der Waals surface area contributed by atoms with E-state index in [1.54, 1.807) is 23.1 Å². The Morgan fingerprint density at radius 3 is 2.45 bits per heavy atom. The van der Waals surface area contributed by atoms with Crippen molar-refractivity contribution < 1.29 is 13.2 Å². The molecule has 1 aromatic rings. The van der Waals surface area contributed by atoms with E-state index in [2.05, 4.69) is 20.8 Å². The number of piperazine rings is 1. The van der Waals surface area contributed by atoms with Gasteiger partial charge in [0.1, 0.15) is 9.84 Å². The summed E-state index contributed by atoms with van der Waals surface area (Å²) in [5.41, 5.74) is 0.495. The predicted molar refractivity (Wildman–Crippen MR) is 91.2 cm³/mol. The van der Waals surface area contributed by atoms with E-state index in [1.807, 2.05) is 0 Å². The summed E-state index contributed by atoms with van der Waals surface area (Å²) >= 11 is 9.43. The molecule has 0 aliphatic carbocycles. The molecule has 0 N–H and O–H groups in total. The molecular weight excluding hydrogens is 392 g/mol. The van der Waals surface area contributed by atoms with E-state index >= 15 is 0 Å². The van der Waals surface area contributed by atoms with Crippen molar-refractivity contribution >= 4 is 43.3 Å². The van der Waals surface area contributed by atoms with Crippen LogP contribution in [0.15, 0.2) is 22.7 Å². The molecule has 1 aromatic carbocycles. The number of sulfone groups is 1. The highest BCUT2D eigenvalue weighted by molar-refractivity contribution is 9.10. The summed E-state index contributed by atoms with van der Waals surface area (Å²) in [7, 11) is -2.95. The van der Waals surface area contributed by atoms with Crippen LogP contribution < -0.4 is 0 Å². The monoisotopic (exact) mass is 408 g/mol. The van der Waals surface area contributed by atoms with Crippen LogP contribution in [0.1, 0.15) is 10.4 Å². The van der Waals surface area contributed by atoms with Gasteiger partial charge in [-0.3, -0.25) is 9.69 Å². The molecule has 1 heterocycles. The summed E-state index contributed by atoms with van der Waals surface area (Å²) in [6, 6.07) is 5.21. The van der Waals surface area contributed by atoms with E-state index < -0.39 is 9.84 Å². The highest BCUT2D eigenvalue weighted by atomic mass is 79.9. The summed E-state index contributed by atoms with van der Waals surface area (Å²) < 4.78 is 23.2. The summed E-state index contributed by atoms with van der Waals surface area (Å²) in [5, 5.41) is 0.430. The van der Waals surface area contributed by atoms with Gasteiger partial charge in [-0.25, -0.2) is 8.42 Å². The maximum atomic E-state index is 12.5. The van der Waals surface area contributed by atoms with Gasteiger partial charge < -0.3 is 4.90 Å². The van der Waals surface area contributed by atoms with Gasteiger partial charge in [-0.1, -0.05) is 27.5 Å². The molecular formula is C14H18BrClN2O3S. The third kappa shape index (κ3) is 4.94. The van der Waals surface area contributed by atoms with E-state index in [1.165, 1.54) is 6.26 Å². The molecule has 122 valence electrons. The van der Waals surface area contributed by atoms with Gasteiger partial charge in [0.25, 0.3) is 5.91 Å². The van der Waals surface area contributed by atoms with E-state index in [4.69, 9.17) is 11.6 Å². The first-order valence-corrected chi connectivity index (χ1v) is 10.1. The van der Waals surface area contributed by atoms with Crippen LogP contribution in [0, 0.1) is 0 Å². The lowest BCUT2D eigenvalue weighted by Gasteiger charge is -2.34. The number of hydrogen-bond acceptors (Lipinski definition) is 4. The van der Waals surface area contributed by atoms with Crippen molar-refractivity contribution in [2.24, 2.45) is 0 Å². The van der Waals surface area contributed by atoms with Gasteiger partial charge in [-0.2, -0.15) is 0 Å². The fourth-order valence-corrected chi connectivity index (χ4v) is 3.65. The lowest BCUT2D eigenvalue weighted by Crippen LogP contribution is -2.49. The fraction of sp³-hybridized carbons (Fsp3) is 0.500. The smallest absolute Gasteiger partial charge is 0.255 e. The minimum Gasteiger partial charge on any atom is -0.336 e. The molecule has 2 rings (SSSR count). The Kier molecular flexibility index (Phi) is 5.87. The molecule has 22 heavy (non-hydrogen) atoms. The van der Waals surface area contributed by atoms with Crippen molar-refractivity contribution in [3.05, 3.63) is 33.3 Å². The molecule has 0 spiro atoms. The van der Waals surface area contributed by atoms with Crippen LogP contribution in [-0.4, -0.2) is 68.9 Å². The molecule has 0 saturated carbocycles. The van der Waals surface area contributed by atoms with Gasteiger partial charge in [-0.05, 0) is 18.2 Å².